The van der Waals surface area contributed by atoms with E-state index in [9.17, 15) is 4.79 Å². The van der Waals surface area contributed by atoms with Gasteiger partial charge in [0.25, 0.3) is 0 Å². The van der Waals surface area contributed by atoms with Crippen LogP contribution in [-0.4, -0.2) is 43.0 Å². The Hall–Kier alpha value is -3.19. The quantitative estimate of drug-likeness (QED) is 0.507. The van der Waals surface area contributed by atoms with Crippen LogP contribution >= 0.6 is 11.8 Å². The number of carbonyl (C=O) groups excluding carboxylic acids is 1. The van der Waals surface area contributed by atoms with Crippen molar-refractivity contribution >= 4 is 23.5 Å². The van der Waals surface area contributed by atoms with Gasteiger partial charge in [-0.1, -0.05) is 11.8 Å². The van der Waals surface area contributed by atoms with Crippen molar-refractivity contribution in [1.82, 2.24) is 15.3 Å². The minimum Gasteiger partial charge on any atom is -0.493 e. The summed E-state index contributed by atoms with van der Waals surface area (Å²) in [6.07, 6.45) is 1.33. The van der Waals surface area contributed by atoms with E-state index in [0.717, 1.165) is 17.3 Å². The Morgan fingerprint density at radius 2 is 1.93 bits per heavy atom. The third kappa shape index (κ3) is 5.15. The molecule has 0 aliphatic carbocycles. The predicted molar refractivity (Wildman–Crippen MR) is 99.8 cm³/mol. The second-order valence-electron chi connectivity index (χ2n) is 5.16. The van der Waals surface area contributed by atoms with E-state index in [2.05, 4.69) is 15.3 Å². The van der Waals surface area contributed by atoms with Crippen LogP contribution in [0.15, 0.2) is 23.5 Å². The molecule has 9 nitrogen and oxygen atoms in total. The third-order valence-corrected chi connectivity index (χ3v) is 4.32. The van der Waals surface area contributed by atoms with Crippen LogP contribution in [0.25, 0.3) is 0 Å². The molecule has 0 aliphatic heterocycles. The van der Waals surface area contributed by atoms with Gasteiger partial charge in [0.15, 0.2) is 16.7 Å². The normalized spacial score (nSPS) is 10.0. The average Bonchev–Trinajstić information content (AvgIpc) is 2.69. The van der Waals surface area contributed by atoms with Gasteiger partial charge in [0.2, 0.25) is 11.7 Å². The highest BCUT2D eigenvalue weighted by Crippen LogP contribution is 2.38. The summed E-state index contributed by atoms with van der Waals surface area (Å²) in [4.78, 5) is 20.0. The number of hydrogen-bond donors (Lipinski definition) is 2. The van der Waals surface area contributed by atoms with E-state index in [1.807, 2.05) is 6.07 Å². The molecule has 0 fully saturated rings. The van der Waals surface area contributed by atoms with Gasteiger partial charge in [-0.3, -0.25) is 4.79 Å². The standard InChI is InChI=1S/C17H19N5O4S/c1-24-12-4-10(5-13(25-2)15(12)26-3)7-20-14(23)9-27-17-21-8-11(6-18)16(19)22-17/h4-5,8H,7,9H2,1-3H3,(H,20,23)(H2,19,21,22). The first-order chi connectivity index (χ1) is 13.0. The number of nitrogens with zero attached hydrogens (tertiary/aromatic N) is 3. The van der Waals surface area contributed by atoms with Gasteiger partial charge in [0, 0.05) is 6.54 Å². The molecule has 0 aliphatic rings. The van der Waals surface area contributed by atoms with Gasteiger partial charge in [-0.15, -0.1) is 0 Å². The molecule has 0 saturated heterocycles. The van der Waals surface area contributed by atoms with E-state index in [0.29, 0.717) is 22.4 Å². The Labute approximate surface area is 160 Å². The van der Waals surface area contributed by atoms with Gasteiger partial charge in [-0.05, 0) is 17.7 Å². The molecule has 0 spiro atoms. The molecule has 0 saturated carbocycles. The number of nitrogen functional groups attached to an aromatic ring is 1. The number of carbonyl (C=O) groups is 1. The molecular formula is C17H19N5O4S. The number of thioether (sulfide) groups is 1. The zero-order chi connectivity index (χ0) is 19.8. The van der Waals surface area contributed by atoms with Gasteiger partial charge in [-0.25, -0.2) is 9.97 Å². The second-order valence-corrected chi connectivity index (χ2v) is 6.10. The van der Waals surface area contributed by atoms with Crippen molar-refractivity contribution in [2.75, 3.05) is 32.8 Å². The number of nitriles is 1. The van der Waals surface area contributed by atoms with Crippen molar-refractivity contribution in [3.05, 3.63) is 29.5 Å². The molecule has 0 atom stereocenters. The number of benzene rings is 1. The van der Waals surface area contributed by atoms with Crippen LogP contribution in [0, 0.1) is 11.3 Å². The summed E-state index contributed by atoms with van der Waals surface area (Å²) in [5.41, 5.74) is 6.62. The van der Waals surface area contributed by atoms with Gasteiger partial charge in [-0.2, -0.15) is 5.26 Å². The van der Waals surface area contributed by atoms with Crippen molar-refractivity contribution in [3.63, 3.8) is 0 Å². The molecule has 0 unspecified atom stereocenters. The summed E-state index contributed by atoms with van der Waals surface area (Å²) >= 11 is 1.13. The Bertz CT molecular complexity index is 844. The van der Waals surface area contributed by atoms with Crippen LogP contribution in [0.2, 0.25) is 0 Å². The van der Waals surface area contributed by atoms with E-state index in [4.69, 9.17) is 25.2 Å². The Morgan fingerprint density at radius 3 is 2.44 bits per heavy atom. The molecule has 0 radical (unpaired) electrons. The monoisotopic (exact) mass is 389 g/mol. The third-order valence-electron chi connectivity index (χ3n) is 3.46. The van der Waals surface area contributed by atoms with Crippen LogP contribution in [-0.2, 0) is 11.3 Å². The van der Waals surface area contributed by atoms with Crippen molar-refractivity contribution in [1.29, 1.82) is 5.26 Å². The highest BCUT2D eigenvalue weighted by Gasteiger charge is 2.14. The average molecular weight is 389 g/mol. The zero-order valence-corrected chi connectivity index (χ0v) is 15.9. The Morgan fingerprint density at radius 1 is 1.26 bits per heavy atom. The molecule has 10 heteroatoms. The van der Waals surface area contributed by atoms with E-state index < -0.39 is 0 Å². The van der Waals surface area contributed by atoms with Gasteiger partial charge < -0.3 is 25.3 Å². The molecule has 3 N–H and O–H groups in total. The van der Waals surface area contributed by atoms with Crippen molar-refractivity contribution in [2.24, 2.45) is 0 Å². The Kier molecular flexibility index (Phi) is 7.08. The van der Waals surface area contributed by atoms with Crippen LogP contribution in [0.3, 0.4) is 0 Å². The first-order valence-electron chi connectivity index (χ1n) is 7.73. The molecule has 2 rings (SSSR count). The summed E-state index contributed by atoms with van der Waals surface area (Å²) < 4.78 is 15.8. The van der Waals surface area contributed by atoms with Crippen LogP contribution in [0.1, 0.15) is 11.1 Å². The largest absolute Gasteiger partial charge is 0.493 e. The fourth-order valence-corrected chi connectivity index (χ4v) is 2.81. The summed E-state index contributed by atoms with van der Waals surface area (Å²) in [5, 5.41) is 11.9. The van der Waals surface area contributed by atoms with Crippen LogP contribution < -0.4 is 25.3 Å². The lowest BCUT2D eigenvalue weighted by molar-refractivity contribution is -0.118. The maximum atomic E-state index is 12.1. The Balaban J connectivity index is 1.95. The van der Waals surface area contributed by atoms with Gasteiger partial charge >= 0.3 is 0 Å². The molecule has 1 aromatic heterocycles. The minimum atomic E-state index is -0.208. The number of rotatable bonds is 8. The maximum Gasteiger partial charge on any atom is 0.230 e. The molecular weight excluding hydrogens is 370 g/mol. The number of amides is 1. The number of hydrogen-bond acceptors (Lipinski definition) is 9. The molecule has 0 bridgehead atoms. The number of methoxy groups -OCH3 is 3. The predicted octanol–water partition coefficient (Wildman–Crippen LogP) is 1.36. The van der Waals surface area contributed by atoms with Crippen LogP contribution in [0.4, 0.5) is 5.82 Å². The highest BCUT2D eigenvalue weighted by atomic mass is 32.2. The van der Waals surface area contributed by atoms with E-state index in [1.54, 1.807) is 12.1 Å². The van der Waals surface area contributed by atoms with E-state index in [1.165, 1.54) is 27.5 Å². The molecule has 2 aromatic rings. The van der Waals surface area contributed by atoms with E-state index in [-0.39, 0.29) is 29.6 Å². The lowest BCUT2D eigenvalue weighted by Crippen LogP contribution is -2.24. The number of ether oxygens (including phenoxy) is 3. The summed E-state index contributed by atoms with van der Waals surface area (Å²) in [7, 11) is 4.58. The summed E-state index contributed by atoms with van der Waals surface area (Å²) in [6.45, 7) is 0.284. The molecule has 1 heterocycles. The second kappa shape index (κ2) is 9.49. The topological polar surface area (TPSA) is 132 Å². The summed E-state index contributed by atoms with van der Waals surface area (Å²) in [5.74, 6) is 1.50. The SMILES string of the molecule is COc1cc(CNC(=O)CSc2ncc(C#N)c(N)n2)cc(OC)c1OC. The smallest absolute Gasteiger partial charge is 0.230 e. The van der Waals surface area contributed by atoms with Crippen LogP contribution in [0.5, 0.6) is 17.2 Å². The van der Waals surface area contributed by atoms with Crippen molar-refractivity contribution in [3.8, 4) is 23.3 Å². The summed E-state index contributed by atoms with van der Waals surface area (Å²) in [6, 6.07) is 5.41. The lowest BCUT2D eigenvalue weighted by atomic mass is 10.2. The van der Waals surface area contributed by atoms with E-state index >= 15 is 0 Å². The fourth-order valence-electron chi connectivity index (χ4n) is 2.15. The number of aromatic nitrogens is 2. The van der Waals surface area contributed by atoms with Gasteiger partial charge in [0.05, 0.1) is 33.3 Å². The van der Waals surface area contributed by atoms with Gasteiger partial charge in [0.1, 0.15) is 17.5 Å². The zero-order valence-electron chi connectivity index (χ0n) is 15.1. The van der Waals surface area contributed by atoms with Crippen molar-refractivity contribution < 1.29 is 19.0 Å². The molecule has 1 aromatic carbocycles. The van der Waals surface area contributed by atoms with Crippen molar-refractivity contribution in [2.45, 2.75) is 11.7 Å². The molecule has 1 amide bonds. The maximum absolute atomic E-state index is 12.1. The first kappa shape index (κ1) is 20.1. The number of nitrogens with one attached hydrogen (secondary N) is 1. The molecule has 142 valence electrons. The highest BCUT2D eigenvalue weighted by molar-refractivity contribution is 7.99. The lowest BCUT2D eigenvalue weighted by Gasteiger charge is -2.14. The minimum absolute atomic E-state index is 0.0906. The fraction of sp³-hybridized carbons (Fsp3) is 0.294. The first-order valence-corrected chi connectivity index (χ1v) is 8.71. The number of anilines is 1. The molecule has 27 heavy (non-hydrogen) atoms. The number of nitrogens with two attached hydrogens (primary N) is 1.